The Labute approximate surface area is 147 Å². The van der Waals surface area contributed by atoms with E-state index < -0.39 is 12.0 Å². The van der Waals surface area contributed by atoms with Crippen molar-refractivity contribution in [1.82, 2.24) is 9.78 Å². The first-order chi connectivity index (χ1) is 12.2. The number of ketones is 1. The lowest BCUT2D eigenvalue weighted by Gasteiger charge is -2.23. The molecule has 2 aromatic carbocycles. The Hall–Kier alpha value is -2.72. The predicted octanol–water partition coefficient (Wildman–Crippen LogP) is 3.74. The molecule has 25 heavy (non-hydrogen) atoms. The number of aliphatic hydroxyl groups excluding tert-OH is 1. The number of aliphatic hydroxyl groups is 1. The van der Waals surface area contributed by atoms with E-state index in [0.717, 1.165) is 16.8 Å². The van der Waals surface area contributed by atoms with Crippen LogP contribution in [-0.4, -0.2) is 20.7 Å². The fourth-order valence-electron chi connectivity index (χ4n) is 3.10. The van der Waals surface area contributed by atoms with E-state index in [1.54, 1.807) is 10.9 Å². The summed E-state index contributed by atoms with van der Waals surface area (Å²) in [5, 5.41) is 15.1. The molecule has 1 heterocycles. The van der Waals surface area contributed by atoms with Crippen molar-refractivity contribution in [1.29, 1.82) is 0 Å². The molecule has 1 aromatic heterocycles. The highest BCUT2D eigenvalue weighted by Crippen LogP contribution is 2.29. The van der Waals surface area contributed by atoms with E-state index in [1.807, 2.05) is 73.8 Å². The van der Waals surface area contributed by atoms with Crippen molar-refractivity contribution < 1.29 is 9.90 Å². The molecule has 128 valence electrons. The second-order valence-electron chi connectivity index (χ2n) is 6.07. The van der Waals surface area contributed by atoms with E-state index >= 15 is 0 Å². The van der Waals surface area contributed by atoms with Gasteiger partial charge in [-0.2, -0.15) is 5.10 Å². The summed E-state index contributed by atoms with van der Waals surface area (Å²) in [5.41, 5.74) is 2.69. The highest BCUT2D eigenvalue weighted by Gasteiger charge is 2.28. The zero-order valence-electron chi connectivity index (χ0n) is 14.2. The van der Waals surface area contributed by atoms with E-state index in [-0.39, 0.29) is 5.78 Å². The van der Waals surface area contributed by atoms with Crippen LogP contribution in [0, 0.1) is 5.92 Å². The number of hydrogen-bond acceptors (Lipinski definition) is 3. The number of carbonyl (C=O) groups excluding carboxylic acids is 1. The maximum Gasteiger partial charge on any atom is 0.138 e. The monoisotopic (exact) mass is 334 g/mol. The molecule has 1 N–H and O–H groups in total. The Morgan fingerprint density at radius 3 is 2.48 bits per heavy atom. The molecule has 3 rings (SSSR count). The number of carbonyl (C=O) groups is 1. The minimum Gasteiger partial charge on any atom is -0.388 e. The van der Waals surface area contributed by atoms with Gasteiger partial charge in [-0.15, -0.1) is 0 Å². The average Bonchev–Trinajstić information content (AvgIpc) is 3.20. The van der Waals surface area contributed by atoms with Gasteiger partial charge in [0.05, 0.1) is 17.7 Å². The zero-order chi connectivity index (χ0) is 17.6. The Morgan fingerprint density at radius 1 is 1.08 bits per heavy atom. The summed E-state index contributed by atoms with van der Waals surface area (Å²) in [7, 11) is 0. The Morgan fingerprint density at radius 2 is 1.80 bits per heavy atom. The van der Waals surface area contributed by atoms with Gasteiger partial charge in [0.25, 0.3) is 0 Å². The second kappa shape index (κ2) is 7.90. The fraction of sp³-hybridized carbons (Fsp3) is 0.238. The van der Waals surface area contributed by atoms with Gasteiger partial charge in [0, 0.05) is 18.8 Å². The summed E-state index contributed by atoms with van der Waals surface area (Å²) in [5.74, 6) is -0.421. The molecule has 0 saturated heterocycles. The SMILES string of the molecule is CCC(=O)[C@H](Cc1ccccc1-n1cccn1)[C@H](O)c1ccccc1. The van der Waals surface area contributed by atoms with Gasteiger partial charge in [-0.3, -0.25) is 4.79 Å². The zero-order valence-corrected chi connectivity index (χ0v) is 14.2. The minimum atomic E-state index is -0.820. The number of benzene rings is 2. The molecule has 0 spiro atoms. The van der Waals surface area contributed by atoms with Crippen LogP contribution in [0.5, 0.6) is 0 Å². The third kappa shape index (κ3) is 3.86. The number of hydrogen-bond donors (Lipinski definition) is 1. The Kier molecular flexibility index (Phi) is 5.41. The van der Waals surface area contributed by atoms with Gasteiger partial charge in [0.1, 0.15) is 5.78 Å². The summed E-state index contributed by atoms with van der Waals surface area (Å²) in [6.07, 6.45) is 3.66. The first kappa shape index (κ1) is 17.1. The molecule has 3 aromatic rings. The minimum absolute atomic E-state index is 0.0617. The number of rotatable bonds is 7. The lowest BCUT2D eigenvalue weighted by molar-refractivity contribution is -0.126. The molecule has 4 heteroatoms. The van der Waals surface area contributed by atoms with Crippen LogP contribution in [0.4, 0.5) is 0 Å². The topological polar surface area (TPSA) is 55.1 Å². The van der Waals surface area contributed by atoms with E-state index in [2.05, 4.69) is 5.10 Å². The normalized spacial score (nSPS) is 13.4. The van der Waals surface area contributed by atoms with Crippen molar-refractivity contribution >= 4 is 5.78 Å². The molecule has 0 aliphatic heterocycles. The smallest absolute Gasteiger partial charge is 0.138 e. The van der Waals surface area contributed by atoms with Crippen LogP contribution in [0.2, 0.25) is 0 Å². The van der Waals surface area contributed by atoms with Crippen LogP contribution in [0.15, 0.2) is 73.1 Å². The fourth-order valence-corrected chi connectivity index (χ4v) is 3.10. The first-order valence-corrected chi connectivity index (χ1v) is 8.54. The van der Waals surface area contributed by atoms with E-state index in [1.165, 1.54) is 0 Å². The summed E-state index contributed by atoms with van der Waals surface area (Å²) < 4.78 is 1.79. The predicted molar refractivity (Wildman–Crippen MR) is 97.5 cm³/mol. The van der Waals surface area contributed by atoms with Crippen LogP contribution >= 0.6 is 0 Å². The van der Waals surface area contributed by atoms with Gasteiger partial charge in [-0.1, -0.05) is 55.5 Å². The summed E-state index contributed by atoms with van der Waals surface area (Å²) in [6.45, 7) is 1.84. The lowest BCUT2D eigenvalue weighted by atomic mass is 9.85. The van der Waals surface area contributed by atoms with Crippen molar-refractivity contribution in [3.8, 4) is 5.69 Å². The summed E-state index contributed by atoms with van der Waals surface area (Å²) in [4.78, 5) is 12.5. The number of Topliss-reactive ketones (excluding diaryl/α,β-unsaturated/α-hetero) is 1. The third-order valence-corrected chi connectivity index (χ3v) is 4.47. The first-order valence-electron chi connectivity index (χ1n) is 8.54. The molecule has 0 aliphatic carbocycles. The van der Waals surface area contributed by atoms with Crippen LogP contribution in [0.3, 0.4) is 0 Å². The van der Waals surface area contributed by atoms with Crippen LogP contribution < -0.4 is 0 Å². The Bertz CT molecular complexity index is 813. The molecule has 0 aliphatic rings. The highest BCUT2D eigenvalue weighted by molar-refractivity contribution is 5.82. The van der Waals surface area contributed by atoms with Gasteiger partial charge < -0.3 is 5.11 Å². The Balaban J connectivity index is 1.93. The molecule has 4 nitrogen and oxygen atoms in total. The number of para-hydroxylation sites is 1. The molecule has 2 atom stereocenters. The molecule has 0 unspecified atom stereocenters. The van der Waals surface area contributed by atoms with Crippen LogP contribution in [0.1, 0.15) is 30.6 Å². The van der Waals surface area contributed by atoms with E-state index in [9.17, 15) is 9.90 Å². The molecular weight excluding hydrogens is 312 g/mol. The van der Waals surface area contributed by atoms with Crippen LogP contribution in [-0.2, 0) is 11.2 Å². The van der Waals surface area contributed by atoms with Gasteiger partial charge in [0.2, 0.25) is 0 Å². The maximum absolute atomic E-state index is 12.5. The van der Waals surface area contributed by atoms with Crippen molar-refractivity contribution in [3.63, 3.8) is 0 Å². The average molecular weight is 334 g/mol. The maximum atomic E-state index is 12.5. The molecule has 0 saturated carbocycles. The van der Waals surface area contributed by atoms with Crippen molar-refractivity contribution in [2.75, 3.05) is 0 Å². The van der Waals surface area contributed by atoms with Crippen molar-refractivity contribution in [2.45, 2.75) is 25.9 Å². The highest BCUT2D eigenvalue weighted by atomic mass is 16.3. The number of aromatic nitrogens is 2. The van der Waals surface area contributed by atoms with Crippen molar-refractivity contribution in [3.05, 3.63) is 84.2 Å². The molecular formula is C21H22N2O2. The lowest BCUT2D eigenvalue weighted by Crippen LogP contribution is -2.24. The van der Waals surface area contributed by atoms with Gasteiger partial charge in [0.15, 0.2) is 0 Å². The van der Waals surface area contributed by atoms with E-state index in [0.29, 0.717) is 12.8 Å². The van der Waals surface area contributed by atoms with E-state index in [4.69, 9.17) is 0 Å². The molecule has 0 fully saturated rings. The third-order valence-electron chi connectivity index (χ3n) is 4.47. The van der Waals surface area contributed by atoms with Gasteiger partial charge in [-0.25, -0.2) is 4.68 Å². The second-order valence-corrected chi connectivity index (χ2v) is 6.07. The quantitative estimate of drug-likeness (QED) is 0.716. The molecule has 0 amide bonds. The molecule has 0 bridgehead atoms. The van der Waals surface area contributed by atoms with Crippen molar-refractivity contribution in [2.24, 2.45) is 5.92 Å². The van der Waals surface area contributed by atoms with Gasteiger partial charge >= 0.3 is 0 Å². The van der Waals surface area contributed by atoms with Gasteiger partial charge in [-0.05, 0) is 29.7 Å². The standard InChI is InChI=1S/C21H22N2O2/c1-2-20(24)18(21(25)16-9-4-3-5-10-16)15-17-11-6-7-12-19(17)23-14-8-13-22-23/h3-14,18,21,25H,2,15H2,1H3/t18-,21+/m0/s1. The molecule has 0 radical (unpaired) electrons. The number of nitrogens with zero attached hydrogens (tertiary/aromatic N) is 2. The largest absolute Gasteiger partial charge is 0.388 e. The summed E-state index contributed by atoms with van der Waals surface area (Å²) >= 11 is 0. The summed E-state index contributed by atoms with van der Waals surface area (Å²) in [6, 6.07) is 19.1. The van der Waals surface area contributed by atoms with Crippen LogP contribution in [0.25, 0.3) is 5.69 Å².